The van der Waals surface area contributed by atoms with Crippen molar-refractivity contribution in [3.8, 4) is 0 Å². The molecule has 0 aliphatic heterocycles. The highest BCUT2D eigenvalue weighted by Crippen LogP contribution is 2.12. The van der Waals surface area contributed by atoms with Crippen LogP contribution in [0, 0.1) is 6.92 Å². The lowest BCUT2D eigenvalue weighted by Crippen LogP contribution is -2.24. The number of nitrogens with zero attached hydrogens (tertiary/aromatic N) is 2. The molecule has 1 N–H and O–H groups in total. The van der Waals surface area contributed by atoms with Gasteiger partial charge in [0.2, 0.25) is 0 Å². The maximum Gasteiger partial charge on any atom is 0.270 e. The number of hydrogen-bond donors (Lipinski definition) is 1. The first-order valence-corrected chi connectivity index (χ1v) is 7.61. The summed E-state index contributed by atoms with van der Waals surface area (Å²) in [6.07, 6.45) is 1.88. The van der Waals surface area contributed by atoms with Gasteiger partial charge in [-0.2, -0.15) is 0 Å². The zero-order chi connectivity index (χ0) is 14.5. The van der Waals surface area contributed by atoms with E-state index in [1.54, 1.807) is 12.1 Å². The van der Waals surface area contributed by atoms with E-state index in [1.807, 2.05) is 31.4 Å². The summed E-state index contributed by atoms with van der Waals surface area (Å²) in [5, 5.41) is 4.07. The van der Waals surface area contributed by atoms with Gasteiger partial charge in [-0.05, 0) is 36.9 Å². The minimum Gasteiger partial charge on any atom is -0.347 e. The number of benzene rings is 1. The molecule has 4 nitrogen and oxygen atoms in total. The molecule has 20 heavy (non-hydrogen) atoms. The maximum atomic E-state index is 12.1. The number of hydrogen-bond acceptors (Lipinski definition) is 4. The van der Waals surface area contributed by atoms with Gasteiger partial charge in [-0.25, -0.2) is 9.97 Å². The van der Waals surface area contributed by atoms with Gasteiger partial charge in [0, 0.05) is 17.3 Å². The third-order valence-corrected chi connectivity index (χ3v) is 3.37. The van der Waals surface area contributed by atoms with E-state index in [1.165, 1.54) is 11.8 Å². The lowest BCUT2D eigenvalue weighted by molar-refractivity contribution is 0.0945. The Morgan fingerprint density at radius 2 is 2.15 bits per heavy atom. The number of aromatic nitrogens is 2. The van der Waals surface area contributed by atoms with E-state index in [2.05, 4.69) is 15.3 Å². The van der Waals surface area contributed by atoms with Crippen LogP contribution in [-0.2, 0) is 6.54 Å². The van der Waals surface area contributed by atoms with Gasteiger partial charge in [0.05, 0.1) is 0 Å². The first-order valence-electron chi connectivity index (χ1n) is 6.01. The summed E-state index contributed by atoms with van der Waals surface area (Å²) in [5.74, 6) is -0.217. The second kappa shape index (κ2) is 6.72. The first-order chi connectivity index (χ1) is 9.58. The normalized spacial score (nSPS) is 10.3. The molecule has 0 spiro atoms. The van der Waals surface area contributed by atoms with E-state index in [-0.39, 0.29) is 5.91 Å². The lowest BCUT2D eigenvalue weighted by atomic mass is 10.2. The summed E-state index contributed by atoms with van der Waals surface area (Å²) in [6.45, 7) is 2.26. The van der Waals surface area contributed by atoms with Crippen molar-refractivity contribution in [2.45, 2.75) is 18.6 Å². The Labute approximate surface area is 127 Å². The van der Waals surface area contributed by atoms with Crippen LogP contribution in [0.4, 0.5) is 0 Å². The van der Waals surface area contributed by atoms with Crippen LogP contribution in [0.1, 0.15) is 21.7 Å². The molecule has 1 heterocycles. The van der Waals surface area contributed by atoms with Crippen molar-refractivity contribution in [2.24, 2.45) is 0 Å². The van der Waals surface area contributed by atoms with Crippen LogP contribution in [0.5, 0.6) is 0 Å². The smallest absolute Gasteiger partial charge is 0.270 e. The van der Waals surface area contributed by atoms with Crippen molar-refractivity contribution in [3.05, 3.63) is 52.3 Å². The Balaban J connectivity index is 2.07. The third kappa shape index (κ3) is 3.95. The Hall–Kier alpha value is -1.59. The van der Waals surface area contributed by atoms with Crippen molar-refractivity contribution < 1.29 is 4.79 Å². The van der Waals surface area contributed by atoms with Gasteiger partial charge in [0.15, 0.2) is 5.16 Å². The van der Waals surface area contributed by atoms with Gasteiger partial charge in [-0.3, -0.25) is 4.79 Å². The van der Waals surface area contributed by atoms with Crippen LogP contribution in [-0.4, -0.2) is 22.1 Å². The Morgan fingerprint density at radius 3 is 2.85 bits per heavy atom. The number of amides is 1. The lowest BCUT2D eigenvalue weighted by Gasteiger charge is -2.07. The van der Waals surface area contributed by atoms with E-state index in [0.717, 1.165) is 11.3 Å². The molecule has 0 radical (unpaired) electrons. The number of carbonyl (C=O) groups excluding carboxylic acids is 1. The molecule has 0 aliphatic rings. The van der Waals surface area contributed by atoms with Gasteiger partial charge in [-0.15, -0.1) is 0 Å². The van der Waals surface area contributed by atoms with E-state index in [0.29, 0.717) is 22.4 Å². The van der Waals surface area contributed by atoms with Gasteiger partial charge in [0.25, 0.3) is 5.91 Å². The quantitative estimate of drug-likeness (QED) is 0.696. The van der Waals surface area contributed by atoms with Crippen LogP contribution < -0.4 is 5.32 Å². The molecular formula is C14H14ClN3OS. The number of carbonyl (C=O) groups is 1. The second-order valence-electron chi connectivity index (χ2n) is 4.19. The van der Waals surface area contributed by atoms with Crippen molar-refractivity contribution >= 4 is 29.3 Å². The van der Waals surface area contributed by atoms with E-state index in [4.69, 9.17) is 11.6 Å². The monoisotopic (exact) mass is 307 g/mol. The molecule has 0 fully saturated rings. The van der Waals surface area contributed by atoms with Crippen molar-refractivity contribution in [1.82, 2.24) is 15.3 Å². The van der Waals surface area contributed by atoms with E-state index >= 15 is 0 Å². The second-order valence-corrected chi connectivity index (χ2v) is 5.40. The minimum atomic E-state index is -0.217. The van der Waals surface area contributed by atoms with Crippen LogP contribution in [0.15, 0.2) is 35.5 Å². The average Bonchev–Trinajstić information content (AvgIpc) is 2.44. The largest absolute Gasteiger partial charge is 0.347 e. The van der Waals surface area contributed by atoms with Crippen molar-refractivity contribution in [3.63, 3.8) is 0 Å². The van der Waals surface area contributed by atoms with Gasteiger partial charge in [-0.1, -0.05) is 35.5 Å². The third-order valence-electron chi connectivity index (χ3n) is 2.59. The molecule has 1 amide bonds. The zero-order valence-corrected chi connectivity index (χ0v) is 12.8. The standard InChI is InChI=1S/C14H14ClN3OS/c1-9-6-12(18-14(17-9)20-2)13(19)16-8-10-4-3-5-11(15)7-10/h3-7H,8H2,1-2H3,(H,16,19). The summed E-state index contributed by atoms with van der Waals surface area (Å²) in [7, 11) is 0. The Kier molecular flexibility index (Phi) is 4.98. The molecule has 104 valence electrons. The van der Waals surface area contributed by atoms with E-state index in [9.17, 15) is 4.79 Å². The van der Waals surface area contributed by atoms with E-state index < -0.39 is 0 Å². The number of halogens is 1. The average molecular weight is 308 g/mol. The van der Waals surface area contributed by atoms with Gasteiger partial charge >= 0.3 is 0 Å². The van der Waals surface area contributed by atoms with Crippen molar-refractivity contribution in [2.75, 3.05) is 6.26 Å². The number of aryl methyl sites for hydroxylation is 1. The van der Waals surface area contributed by atoms with Gasteiger partial charge < -0.3 is 5.32 Å². The van der Waals surface area contributed by atoms with Crippen LogP contribution in [0.25, 0.3) is 0 Å². The van der Waals surface area contributed by atoms with Crippen LogP contribution >= 0.6 is 23.4 Å². The molecule has 0 bridgehead atoms. The van der Waals surface area contributed by atoms with Crippen molar-refractivity contribution in [1.29, 1.82) is 0 Å². The summed E-state index contributed by atoms with van der Waals surface area (Å²) in [4.78, 5) is 20.5. The molecule has 2 aromatic rings. The molecule has 2 rings (SSSR count). The molecule has 1 aromatic carbocycles. The molecule has 0 atom stereocenters. The summed E-state index contributed by atoms with van der Waals surface area (Å²) in [6, 6.07) is 9.05. The fourth-order valence-corrected chi connectivity index (χ4v) is 2.31. The molecular weight excluding hydrogens is 294 g/mol. The number of thioether (sulfide) groups is 1. The molecule has 0 saturated carbocycles. The molecule has 0 unspecified atom stereocenters. The summed E-state index contributed by atoms with van der Waals surface area (Å²) >= 11 is 7.31. The fourth-order valence-electron chi connectivity index (χ4n) is 1.67. The number of nitrogens with one attached hydrogen (secondary N) is 1. The summed E-state index contributed by atoms with van der Waals surface area (Å²) in [5.41, 5.74) is 2.10. The highest BCUT2D eigenvalue weighted by atomic mass is 35.5. The Morgan fingerprint density at radius 1 is 1.35 bits per heavy atom. The van der Waals surface area contributed by atoms with Crippen LogP contribution in [0.2, 0.25) is 5.02 Å². The predicted molar refractivity (Wildman–Crippen MR) is 81.2 cm³/mol. The fraction of sp³-hybridized carbons (Fsp3) is 0.214. The number of rotatable bonds is 4. The Bertz CT molecular complexity index is 634. The topological polar surface area (TPSA) is 54.9 Å². The van der Waals surface area contributed by atoms with Gasteiger partial charge in [0.1, 0.15) is 5.69 Å². The first kappa shape index (κ1) is 14.8. The molecule has 6 heteroatoms. The molecule has 0 saturated heterocycles. The molecule has 0 aliphatic carbocycles. The minimum absolute atomic E-state index is 0.217. The zero-order valence-electron chi connectivity index (χ0n) is 11.2. The predicted octanol–water partition coefficient (Wildman–Crippen LogP) is 3.09. The maximum absolute atomic E-state index is 12.1. The highest BCUT2D eigenvalue weighted by molar-refractivity contribution is 7.98. The SMILES string of the molecule is CSc1nc(C)cc(C(=O)NCc2cccc(Cl)c2)n1. The molecule has 1 aromatic heterocycles. The highest BCUT2D eigenvalue weighted by Gasteiger charge is 2.10. The van der Waals surface area contributed by atoms with Crippen LogP contribution in [0.3, 0.4) is 0 Å². The summed E-state index contributed by atoms with van der Waals surface area (Å²) < 4.78 is 0.